The fourth-order valence-electron chi connectivity index (χ4n) is 1.03. The van der Waals surface area contributed by atoms with Gasteiger partial charge in [-0.2, -0.15) is 0 Å². The van der Waals surface area contributed by atoms with E-state index in [0.29, 0.717) is 24.2 Å². The molecule has 0 spiro atoms. The van der Waals surface area contributed by atoms with E-state index in [9.17, 15) is 0 Å². The summed E-state index contributed by atoms with van der Waals surface area (Å²) >= 11 is 0. The topological polar surface area (TPSA) is 61.0 Å². The van der Waals surface area contributed by atoms with Gasteiger partial charge in [0.1, 0.15) is 12.4 Å². The Hall–Kier alpha value is -1.16. The van der Waals surface area contributed by atoms with Crippen LogP contribution in [0.4, 0.5) is 5.82 Å². The molecule has 0 aliphatic rings. The highest BCUT2D eigenvalue weighted by Crippen LogP contribution is 2.13. The molecule has 2 N–H and O–H groups in total. The van der Waals surface area contributed by atoms with Crippen LogP contribution in [0.2, 0.25) is 0 Å². The number of ether oxygens (including phenoxy) is 1. The second-order valence-corrected chi connectivity index (χ2v) is 3.22. The molecule has 0 bridgehead atoms. The molecule has 1 rings (SSSR count). The van der Waals surface area contributed by atoms with Crippen LogP contribution in [0, 0.1) is 0 Å². The SMILES string of the molecule is COCc1nc(N)cc(C(C)C)n1. The highest BCUT2D eigenvalue weighted by atomic mass is 16.5. The van der Waals surface area contributed by atoms with Crippen molar-refractivity contribution in [2.75, 3.05) is 12.8 Å². The Morgan fingerprint density at radius 1 is 1.46 bits per heavy atom. The summed E-state index contributed by atoms with van der Waals surface area (Å²) in [6.45, 7) is 4.54. The number of nitrogen functional groups attached to an aromatic ring is 1. The van der Waals surface area contributed by atoms with Gasteiger partial charge in [0, 0.05) is 18.9 Å². The zero-order chi connectivity index (χ0) is 9.84. The highest BCUT2D eigenvalue weighted by molar-refractivity contribution is 5.30. The van der Waals surface area contributed by atoms with E-state index in [4.69, 9.17) is 10.5 Å². The predicted molar refractivity (Wildman–Crippen MR) is 51.2 cm³/mol. The molecule has 0 atom stereocenters. The maximum Gasteiger partial charge on any atom is 0.156 e. The number of methoxy groups -OCH3 is 1. The fraction of sp³-hybridized carbons (Fsp3) is 0.556. The molecule has 1 aromatic heterocycles. The molecule has 72 valence electrons. The number of nitrogens with two attached hydrogens (primary N) is 1. The summed E-state index contributed by atoms with van der Waals surface area (Å²) in [6, 6.07) is 1.80. The number of nitrogens with zero attached hydrogens (tertiary/aromatic N) is 2. The third-order valence-corrected chi connectivity index (χ3v) is 1.68. The van der Waals surface area contributed by atoms with Crippen LogP contribution in [0.3, 0.4) is 0 Å². The van der Waals surface area contributed by atoms with Crippen LogP contribution in [-0.2, 0) is 11.3 Å². The van der Waals surface area contributed by atoms with Crippen molar-refractivity contribution < 1.29 is 4.74 Å². The van der Waals surface area contributed by atoms with Crippen molar-refractivity contribution in [1.29, 1.82) is 0 Å². The maximum absolute atomic E-state index is 5.62. The lowest BCUT2D eigenvalue weighted by molar-refractivity contribution is 0.177. The Morgan fingerprint density at radius 2 is 2.15 bits per heavy atom. The molecule has 4 heteroatoms. The molecule has 0 amide bonds. The average Bonchev–Trinajstić information content (AvgIpc) is 2.03. The lowest BCUT2D eigenvalue weighted by atomic mass is 10.1. The minimum atomic E-state index is 0.362. The molecule has 0 aliphatic heterocycles. The largest absolute Gasteiger partial charge is 0.384 e. The van der Waals surface area contributed by atoms with Crippen molar-refractivity contribution in [1.82, 2.24) is 9.97 Å². The molecular formula is C9H15N3O. The van der Waals surface area contributed by atoms with Gasteiger partial charge in [-0.3, -0.25) is 0 Å². The molecule has 0 unspecified atom stereocenters. The Kier molecular flexibility index (Phi) is 3.19. The zero-order valence-corrected chi connectivity index (χ0v) is 8.24. The number of anilines is 1. The zero-order valence-electron chi connectivity index (χ0n) is 8.24. The first kappa shape index (κ1) is 9.92. The highest BCUT2D eigenvalue weighted by Gasteiger charge is 2.05. The van der Waals surface area contributed by atoms with Crippen LogP contribution in [0.25, 0.3) is 0 Å². The number of hydrogen-bond acceptors (Lipinski definition) is 4. The maximum atomic E-state index is 5.62. The van der Waals surface area contributed by atoms with Gasteiger partial charge < -0.3 is 10.5 Å². The summed E-state index contributed by atoms with van der Waals surface area (Å²) in [5.41, 5.74) is 6.58. The second kappa shape index (κ2) is 4.18. The normalized spacial score (nSPS) is 10.8. The first-order valence-corrected chi connectivity index (χ1v) is 4.25. The van der Waals surface area contributed by atoms with E-state index in [0.717, 1.165) is 5.69 Å². The van der Waals surface area contributed by atoms with Crippen molar-refractivity contribution in [3.8, 4) is 0 Å². The van der Waals surface area contributed by atoms with E-state index in [1.165, 1.54) is 0 Å². The minimum absolute atomic E-state index is 0.362. The molecule has 0 fully saturated rings. The molecular weight excluding hydrogens is 166 g/mol. The molecule has 0 saturated carbocycles. The van der Waals surface area contributed by atoms with Gasteiger partial charge in [0.15, 0.2) is 5.82 Å². The van der Waals surface area contributed by atoms with Gasteiger partial charge in [-0.25, -0.2) is 9.97 Å². The summed E-state index contributed by atoms with van der Waals surface area (Å²) in [5, 5.41) is 0. The van der Waals surface area contributed by atoms with Crippen LogP contribution < -0.4 is 5.73 Å². The standard InChI is InChI=1S/C9H15N3O/c1-6(2)7-4-8(10)12-9(11-7)5-13-3/h4,6H,5H2,1-3H3,(H2,10,11,12). The van der Waals surface area contributed by atoms with E-state index >= 15 is 0 Å². The third kappa shape index (κ3) is 2.66. The van der Waals surface area contributed by atoms with Gasteiger partial charge in [0.2, 0.25) is 0 Å². The van der Waals surface area contributed by atoms with Crippen LogP contribution in [0.1, 0.15) is 31.3 Å². The summed E-state index contributed by atoms with van der Waals surface area (Å²) in [6.07, 6.45) is 0. The third-order valence-electron chi connectivity index (χ3n) is 1.68. The molecule has 0 aromatic carbocycles. The fourth-order valence-corrected chi connectivity index (χ4v) is 1.03. The van der Waals surface area contributed by atoms with Crippen molar-refractivity contribution in [2.45, 2.75) is 26.4 Å². The molecule has 4 nitrogen and oxygen atoms in total. The van der Waals surface area contributed by atoms with Gasteiger partial charge in [-0.15, -0.1) is 0 Å². The number of aromatic nitrogens is 2. The van der Waals surface area contributed by atoms with E-state index in [2.05, 4.69) is 23.8 Å². The summed E-state index contributed by atoms with van der Waals surface area (Å²) in [4.78, 5) is 8.35. The van der Waals surface area contributed by atoms with Gasteiger partial charge in [-0.1, -0.05) is 13.8 Å². The summed E-state index contributed by atoms with van der Waals surface area (Å²) < 4.78 is 4.94. The number of hydrogen-bond donors (Lipinski definition) is 1. The summed E-state index contributed by atoms with van der Waals surface area (Å²) in [5.74, 6) is 1.51. The van der Waals surface area contributed by atoms with E-state index < -0.39 is 0 Å². The average molecular weight is 181 g/mol. The lowest BCUT2D eigenvalue weighted by Gasteiger charge is -2.07. The van der Waals surface area contributed by atoms with Crippen LogP contribution in [0.15, 0.2) is 6.07 Å². The van der Waals surface area contributed by atoms with Crippen molar-refractivity contribution in [3.63, 3.8) is 0 Å². The van der Waals surface area contributed by atoms with Gasteiger partial charge in [-0.05, 0) is 5.92 Å². The second-order valence-electron chi connectivity index (χ2n) is 3.22. The molecule has 0 radical (unpaired) electrons. The van der Waals surface area contributed by atoms with Crippen LogP contribution >= 0.6 is 0 Å². The minimum Gasteiger partial charge on any atom is -0.384 e. The Bertz CT molecular complexity index is 286. The van der Waals surface area contributed by atoms with E-state index in [-0.39, 0.29) is 0 Å². The monoisotopic (exact) mass is 181 g/mol. The molecule has 13 heavy (non-hydrogen) atoms. The van der Waals surface area contributed by atoms with Crippen molar-refractivity contribution >= 4 is 5.82 Å². The van der Waals surface area contributed by atoms with Gasteiger partial charge in [0.25, 0.3) is 0 Å². The first-order chi connectivity index (χ1) is 6.13. The van der Waals surface area contributed by atoms with Crippen molar-refractivity contribution in [3.05, 3.63) is 17.6 Å². The lowest BCUT2D eigenvalue weighted by Crippen LogP contribution is -2.05. The van der Waals surface area contributed by atoms with Crippen LogP contribution in [-0.4, -0.2) is 17.1 Å². The van der Waals surface area contributed by atoms with Crippen molar-refractivity contribution in [2.24, 2.45) is 0 Å². The molecule has 0 aliphatic carbocycles. The van der Waals surface area contributed by atoms with Crippen LogP contribution in [0.5, 0.6) is 0 Å². The smallest absolute Gasteiger partial charge is 0.156 e. The molecule has 1 aromatic rings. The Balaban J connectivity index is 2.96. The Labute approximate surface area is 78.1 Å². The van der Waals surface area contributed by atoms with Gasteiger partial charge in [0.05, 0.1) is 0 Å². The number of rotatable bonds is 3. The van der Waals surface area contributed by atoms with E-state index in [1.807, 2.05) is 0 Å². The first-order valence-electron chi connectivity index (χ1n) is 4.25. The van der Waals surface area contributed by atoms with E-state index in [1.54, 1.807) is 13.2 Å². The molecule has 0 saturated heterocycles. The predicted octanol–water partition coefficient (Wildman–Crippen LogP) is 1.33. The summed E-state index contributed by atoms with van der Waals surface area (Å²) in [7, 11) is 1.61. The van der Waals surface area contributed by atoms with Gasteiger partial charge >= 0.3 is 0 Å². The Morgan fingerprint density at radius 3 is 2.69 bits per heavy atom. The molecule has 1 heterocycles. The quantitative estimate of drug-likeness (QED) is 0.764.